The van der Waals surface area contributed by atoms with Gasteiger partial charge in [-0.3, -0.25) is 24.5 Å². The molecule has 0 radical (unpaired) electrons. The topological polar surface area (TPSA) is 145 Å². The third-order valence-electron chi connectivity index (χ3n) is 5.37. The van der Waals surface area contributed by atoms with Crippen molar-refractivity contribution in [1.29, 1.82) is 0 Å². The predicted molar refractivity (Wildman–Crippen MR) is 103 cm³/mol. The van der Waals surface area contributed by atoms with Crippen molar-refractivity contribution < 1.29 is 24.0 Å². The summed E-state index contributed by atoms with van der Waals surface area (Å²) in [6.45, 7) is -0.525. The van der Waals surface area contributed by atoms with E-state index in [1.165, 1.54) is 18.3 Å². The fourth-order valence-electron chi connectivity index (χ4n) is 4.22. The molecule has 2 bridgehead atoms. The number of benzene rings is 1. The van der Waals surface area contributed by atoms with Gasteiger partial charge in [0.05, 0.1) is 27.4 Å². The Morgan fingerprint density at radius 3 is 2.48 bits per heavy atom. The molecule has 0 unspecified atom stereocenters. The molecule has 1 aliphatic heterocycles. The van der Waals surface area contributed by atoms with Gasteiger partial charge in [-0.2, -0.15) is 10.1 Å². The second-order valence-electron chi connectivity index (χ2n) is 7.10. The smallest absolute Gasteiger partial charge is 0.312 e. The van der Waals surface area contributed by atoms with Crippen LogP contribution in [0, 0.1) is 33.8 Å². The lowest BCUT2D eigenvalue weighted by atomic mass is 9.85. The number of nitrogens with two attached hydrogens (primary N) is 1. The van der Waals surface area contributed by atoms with Crippen LogP contribution in [0.1, 0.15) is 12.0 Å². The first-order valence-electron chi connectivity index (χ1n) is 8.77. The number of carbonyl (C=O) groups excluding carboxylic acids is 3. The minimum Gasteiger partial charge on any atom is -0.476 e. The van der Waals surface area contributed by atoms with Crippen molar-refractivity contribution >= 4 is 45.6 Å². The van der Waals surface area contributed by atoms with Gasteiger partial charge in [0.15, 0.2) is 6.61 Å². The summed E-state index contributed by atoms with van der Waals surface area (Å²) in [7, 11) is 0. The van der Waals surface area contributed by atoms with Crippen LogP contribution < -0.4 is 10.5 Å². The van der Waals surface area contributed by atoms with Gasteiger partial charge in [0, 0.05) is 11.6 Å². The molecule has 11 heteroatoms. The van der Waals surface area contributed by atoms with Crippen LogP contribution in [-0.4, -0.2) is 40.5 Å². The molecule has 1 heterocycles. The summed E-state index contributed by atoms with van der Waals surface area (Å²) in [6, 6.07) is 2.63. The fourth-order valence-corrected chi connectivity index (χ4v) is 4.80. The normalized spacial score (nSPS) is 27.1. The van der Waals surface area contributed by atoms with E-state index in [1.807, 2.05) is 12.2 Å². The maximum atomic E-state index is 12.6. The van der Waals surface area contributed by atoms with Crippen molar-refractivity contribution in [3.63, 3.8) is 0 Å². The molecule has 29 heavy (non-hydrogen) atoms. The number of nitro benzene ring substituents is 1. The van der Waals surface area contributed by atoms with E-state index in [1.54, 1.807) is 0 Å². The molecule has 1 saturated heterocycles. The minimum atomic E-state index is -0.781. The van der Waals surface area contributed by atoms with E-state index in [-0.39, 0.29) is 51.3 Å². The van der Waals surface area contributed by atoms with E-state index in [4.69, 9.17) is 10.5 Å². The molecule has 3 aliphatic rings. The van der Waals surface area contributed by atoms with Crippen molar-refractivity contribution in [1.82, 2.24) is 5.01 Å². The lowest BCUT2D eigenvalue weighted by Gasteiger charge is -2.13. The van der Waals surface area contributed by atoms with Crippen molar-refractivity contribution in [2.45, 2.75) is 6.42 Å². The zero-order valence-corrected chi connectivity index (χ0v) is 16.4. The zero-order chi connectivity index (χ0) is 20.9. The number of rotatable bonds is 6. The first kappa shape index (κ1) is 19.2. The first-order chi connectivity index (χ1) is 13.8. The van der Waals surface area contributed by atoms with E-state index in [2.05, 4.69) is 21.0 Å². The van der Waals surface area contributed by atoms with Crippen LogP contribution in [0.2, 0.25) is 0 Å². The summed E-state index contributed by atoms with van der Waals surface area (Å²) in [4.78, 5) is 46.8. The van der Waals surface area contributed by atoms with Gasteiger partial charge in [-0.1, -0.05) is 12.2 Å². The molecule has 4 rings (SSSR count). The quantitative estimate of drug-likeness (QED) is 0.222. The van der Waals surface area contributed by atoms with E-state index in [0.717, 1.165) is 11.4 Å². The molecule has 0 spiro atoms. The maximum Gasteiger partial charge on any atom is 0.312 e. The molecule has 1 aromatic carbocycles. The third kappa shape index (κ3) is 3.20. The van der Waals surface area contributed by atoms with Gasteiger partial charge in [-0.15, -0.1) is 0 Å². The highest BCUT2D eigenvalue weighted by atomic mass is 79.9. The van der Waals surface area contributed by atoms with Crippen LogP contribution in [0.5, 0.6) is 5.75 Å². The molecular formula is C18H15BrN4O6. The molecule has 0 aromatic heterocycles. The average molecular weight is 463 g/mol. The molecule has 150 valence electrons. The number of nitro groups is 1. The number of nitrogens with zero attached hydrogens (tertiary/aromatic N) is 3. The zero-order valence-electron chi connectivity index (χ0n) is 14.9. The van der Waals surface area contributed by atoms with Gasteiger partial charge in [0.1, 0.15) is 0 Å². The number of fused-ring (bicyclic) bond motifs is 5. The third-order valence-corrected chi connectivity index (χ3v) is 5.96. The van der Waals surface area contributed by atoms with Crippen molar-refractivity contribution in [3.05, 3.63) is 44.4 Å². The van der Waals surface area contributed by atoms with Crippen LogP contribution in [0.3, 0.4) is 0 Å². The fraction of sp³-hybridized carbons (Fsp3) is 0.333. The van der Waals surface area contributed by atoms with Crippen LogP contribution in [-0.2, 0) is 14.4 Å². The van der Waals surface area contributed by atoms with Crippen LogP contribution in [0.4, 0.5) is 5.69 Å². The van der Waals surface area contributed by atoms with E-state index in [0.29, 0.717) is 0 Å². The lowest BCUT2D eigenvalue weighted by molar-refractivity contribution is -0.385. The largest absolute Gasteiger partial charge is 0.476 e. The van der Waals surface area contributed by atoms with Crippen molar-refractivity contribution in [2.24, 2.45) is 34.5 Å². The first-order valence-corrected chi connectivity index (χ1v) is 9.56. The lowest BCUT2D eigenvalue weighted by Crippen LogP contribution is -2.28. The Hall–Kier alpha value is -3.08. The molecule has 1 saturated carbocycles. The maximum absolute atomic E-state index is 12.6. The number of amides is 3. The number of imide groups is 1. The standard InChI is InChI=1S/C18H15BrN4O6/c19-11-3-8(4-12(23(27)28)16(11)29-7-13(20)24)6-21-22-17(25)14-9-1-2-10(5-9)15(14)18(22)26/h1-4,6,9-10,14-15H,5,7H2,(H2,20,24)/t9-,10-,14-,15+/m0/s1. The van der Waals surface area contributed by atoms with Crippen LogP contribution in [0.15, 0.2) is 33.9 Å². The summed E-state index contributed by atoms with van der Waals surface area (Å²) < 4.78 is 5.31. The van der Waals surface area contributed by atoms with E-state index < -0.39 is 23.1 Å². The van der Waals surface area contributed by atoms with Gasteiger partial charge < -0.3 is 10.5 Å². The van der Waals surface area contributed by atoms with Crippen LogP contribution >= 0.6 is 15.9 Å². The number of allylic oxidation sites excluding steroid dienone is 2. The van der Waals surface area contributed by atoms with Gasteiger partial charge in [-0.25, -0.2) is 0 Å². The number of ether oxygens (including phenoxy) is 1. The Labute approximate surface area is 172 Å². The minimum absolute atomic E-state index is 0.0681. The number of primary amides is 1. The second kappa shape index (κ2) is 7.07. The van der Waals surface area contributed by atoms with E-state index in [9.17, 15) is 24.5 Å². The summed E-state index contributed by atoms with van der Waals surface area (Å²) in [6.07, 6.45) is 5.99. The summed E-state index contributed by atoms with van der Waals surface area (Å²) in [5.41, 5.74) is 4.86. The van der Waals surface area contributed by atoms with Gasteiger partial charge in [0.25, 0.3) is 17.7 Å². The van der Waals surface area contributed by atoms with Crippen molar-refractivity contribution in [2.75, 3.05) is 6.61 Å². The highest BCUT2D eigenvalue weighted by Crippen LogP contribution is 2.52. The Bertz CT molecular complexity index is 976. The summed E-state index contributed by atoms with van der Waals surface area (Å²) in [5, 5.41) is 16.2. The monoisotopic (exact) mass is 462 g/mol. The van der Waals surface area contributed by atoms with Gasteiger partial charge in [0.2, 0.25) is 5.75 Å². The summed E-state index contributed by atoms with van der Waals surface area (Å²) >= 11 is 3.16. The molecule has 1 aromatic rings. The average Bonchev–Trinajstić information content (AvgIpc) is 3.33. The molecule has 2 N–H and O–H groups in total. The number of hydrogen-bond donors (Lipinski definition) is 1. The summed E-state index contributed by atoms with van der Waals surface area (Å²) in [5.74, 6) is -2.24. The molecule has 3 amide bonds. The van der Waals surface area contributed by atoms with Gasteiger partial charge in [-0.05, 0) is 40.3 Å². The number of hydrogen-bond acceptors (Lipinski definition) is 7. The van der Waals surface area contributed by atoms with E-state index >= 15 is 0 Å². The Morgan fingerprint density at radius 2 is 1.93 bits per heavy atom. The second-order valence-corrected chi connectivity index (χ2v) is 7.95. The number of carbonyl (C=O) groups is 3. The predicted octanol–water partition coefficient (Wildman–Crippen LogP) is 1.36. The van der Waals surface area contributed by atoms with Gasteiger partial charge >= 0.3 is 5.69 Å². The Morgan fingerprint density at radius 1 is 1.31 bits per heavy atom. The Balaban J connectivity index is 1.59. The molecule has 10 nitrogen and oxygen atoms in total. The molecular weight excluding hydrogens is 448 g/mol. The number of halogens is 1. The highest BCUT2D eigenvalue weighted by molar-refractivity contribution is 9.10. The highest BCUT2D eigenvalue weighted by Gasteiger charge is 2.59. The molecule has 4 atom stereocenters. The SMILES string of the molecule is NC(=O)COc1c(Br)cc(C=NN2C(=O)[C@@H]3[C@H](C2=O)[C@H]2C=C[C@H]3C2)cc1[N+](=O)[O-]. The van der Waals surface area contributed by atoms with Crippen molar-refractivity contribution in [3.8, 4) is 5.75 Å². The molecule has 2 fully saturated rings. The molecule has 2 aliphatic carbocycles. The van der Waals surface area contributed by atoms with Crippen LogP contribution in [0.25, 0.3) is 0 Å². The number of hydrazone groups is 1. The Kier molecular flexibility index (Phi) is 4.69.